The molecule has 2 saturated carbocycles. The molecule has 0 aromatic carbocycles. The van der Waals surface area contributed by atoms with E-state index in [0.717, 1.165) is 0 Å². The number of carbonyl (C=O) groups is 2. The smallest absolute Gasteiger partial charge is 0.313 e. The van der Waals surface area contributed by atoms with Crippen molar-refractivity contribution in [3.8, 4) is 0 Å². The maximum atomic E-state index is 12.2. The first-order valence-corrected chi connectivity index (χ1v) is 7.86. The van der Waals surface area contributed by atoms with Crippen LogP contribution in [0.15, 0.2) is 0 Å². The summed E-state index contributed by atoms with van der Waals surface area (Å²) in [4.78, 5) is 24.1. The minimum absolute atomic E-state index is 0.0861. The van der Waals surface area contributed by atoms with Crippen molar-refractivity contribution in [2.75, 3.05) is 12.4 Å². The van der Waals surface area contributed by atoms with Crippen LogP contribution in [0.25, 0.3) is 0 Å². The molecule has 0 aliphatic heterocycles. The highest BCUT2D eigenvalue weighted by Crippen LogP contribution is 2.64. The molecule has 6 nitrogen and oxygen atoms in total. The van der Waals surface area contributed by atoms with Crippen LogP contribution in [0.2, 0.25) is 0 Å². The Morgan fingerprint density at radius 2 is 2.11 bits per heavy atom. The van der Waals surface area contributed by atoms with Gasteiger partial charge in [-0.15, -0.1) is 0 Å². The van der Waals surface area contributed by atoms with Crippen molar-refractivity contribution in [3.63, 3.8) is 0 Å². The lowest BCUT2D eigenvalue weighted by atomic mass is 9.69. The number of ketones is 1. The largest absolute Gasteiger partial charge is 0.464 e. The normalized spacial score (nSPS) is 32.6. The van der Waals surface area contributed by atoms with Crippen LogP contribution in [0.1, 0.15) is 33.1 Å². The molecule has 108 valence electrons. The second kappa shape index (κ2) is 4.28. The van der Waals surface area contributed by atoms with Gasteiger partial charge in [-0.05, 0) is 18.3 Å². The van der Waals surface area contributed by atoms with E-state index in [9.17, 15) is 18.0 Å². The lowest BCUT2D eigenvalue weighted by Gasteiger charge is -2.34. The Labute approximate surface area is 112 Å². The van der Waals surface area contributed by atoms with Gasteiger partial charge in [0.05, 0.1) is 5.41 Å². The zero-order valence-electron chi connectivity index (χ0n) is 11.0. The molecule has 0 heterocycles. The molecule has 2 fully saturated rings. The second-order valence-electron chi connectivity index (χ2n) is 5.96. The minimum atomic E-state index is -4.14. The van der Waals surface area contributed by atoms with Crippen LogP contribution in [0, 0.1) is 16.7 Å². The lowest BCUT2D eigenvalue weighted by molar-refractivity contribution is -0.160. The zero-order chi connectivity index (χ0) is 14.5. The second-order valence-corrected chi connectivity index (χ2v) is 7.53. The highest BCUT2D eigenvalue weighted by atomic mass is 32.2. The molecule has 2 unspecified atom stereocenters. The lowest BCUT2D eigenvalue weighted by Crippen LogP contribution is -2.40. The van der Waals surface area contributed by atoms with Crippen molar-refractivity contribution in [2.24, 2.45) is 16.7 Å². The zero-order valence-corrected chi connectivity index (χ0v) is 11.8. The fraction of sp³-hybridized carbons (Fsp3) is 0.833. The number of rotatable bonds is 4. The van der Waals surface area contributed by atoms with Gasteiger partial charge in [0.15, 0.2) is 0 Å². The summed E-state index contributed by atoms with van der Waals surface area (Å²) in [6.07, 6.45) is 1.45. The molecular weight excluding hydrogens is 272 g/mol. The summed E-state index contributed by atoms with van der Waals surface area (Å²) in [5, 5.41) is 0. The first-order valence-electron chi connectivity index (χ1n) is 6.25. The standard InChI is InChI=1S/C12H18O6S/c1-11(2)8-3-4-12(11,7-9(8)13)10(14)18-5-6-19(15,16)17/h8H,3-7H2,1-2H3,(H,15,16,17). The molecule has 7 heteroatoms. The molecule has 2 aliphatic rings. The molecule has 0 aromatic rings. The monoisotopic (exact) mass is 290 g/mol. The summed E-state index contributed by atoms with van der Waals surface area (Å²) in [6.45, 7) is 3.40. The first kappa shape index (κ1) is 14.5. The summed E-state index contributed by atoms with van der Waals surface area (Å²) in [5.74, 6) is -1.16. The van der Waals surface area contributed by atoms with Gasteiger partial charge in [-0.25, -0.2) is 0 Å². The highest BCUT2D eigenvalue weighted by molar-refractivity contribution is 7.85. The quantitative estimate of drug-likeness (QED) is 0.608. The molecule has 0 saturated heterocycles. The van der Waals surface area contributed by atoms with E-state index in [-0.39, 0.29) is 24.7 Å². The van der Waals surface area contributed by atoms with Gasteiger partial charge >= 0.3 is 5.97 Å². The maximum absolute atomic E-state index is 12.2. The topological polar surface area (TPSA) is 97.7 Å². The van der Waals surface area contributed by atoms with Crippen molar-refractivity contribution in [1.29, 1.82) is 0 Å². The first-order chi connectivity index (χ1) is 8.60. The van der Waals surface area contributed by atoms with Gasteiger partial charge < -0.3 is 4.74 Å². The van der Waals surface area contributed by atoms with Crippen LogP contribution in [0.3, 0.4) is 0 Å². The van der Waals surface area contributed by atoms with Crippen LogP contribution in [-0.2, 0) is 24.4 Å². The molecule has 2 aliphatic carbocycles. The van der Waals surface area contributed by atoms with Gasteiger partial charge in [0.2, 0.25) is 0 Å². The van der Waals surface area contributed by atoms with E-state index >= 15 is 0 Å². The Morgan fingerprint density at radius 1 is 1.47 bits per heavy atom. The van der Waals surface area contributed by atoms with Gasteiger partial charge in [-0.3, -0.25) is 14.1 Å². The van der Waals surface area contributed by atoms with Crippen molar-refractivity contribution < 1.29 is 27.3 Å². The average Bonchev–Trinajstić information content (AvgIpc) is 2.60. The summed E-state index contributed by atoms with van der Waals surface area (Å²) >= 11 is 0. The van der Waals surface area contributed by atoms with Crippen molar-refractivity contribution in [1.82, 2.24) is 0 Å². The summed E-state index contributed by atoms with van der Waals surface area (Å²) in [5.41, 5.74) is -1.27. The van der Waals surface area contributed by atoms with Crippen molar-refractivity contribution >= 4 is 21.9 Å². The Hall–Kier alpha value is -0.950. The molecule has 19 heavy (non-hydrogen) atoms. The van der Waals surface area contributed by atoms with Gasteiger partial charge in [0, 0.05) is 12.3 Å². The van der Waals surface area contributed by atoms with Gasteiger partial charge in [0.25, 0.3) is 10.1 Å². The molecule has 0 aromatic heterocycles. The number of carbonyl (C=O) groups excluding carboxylic acids is 2. The van der Waals surface area contributed by atoms with E-state index in [1.54, 1.807) is 0 Å². The number of hydrogen-bond donors (Lipinski definition) is 1. The van der Waals surface area contributed by atoms with Crippen LogP contribution in [0.5, 0.6) is 0 Å². The predicted octanol–water partition coefficient (Wildman–Crippen LogP) is 0.813. The van der Waals surface area contributed by atoms with E-state index in [1.165, 1.54) is 0 Å². The van der Waals surface area contributed by atoms with Crippen LogP contribution < -0.4 is 0 Å². The van der Waals surface area contributed by atoms with Crippen LogP contribution >= 0.6 is 0 Å². The van der Waals surface area contributed by atoms with Crippen molar-refractivity contribution in [2.45, 2.75) is 33.1 Å². The Kier molecular flexibility index (Phi) is 3.25. The number of Topliss-reactive ketones (excluding diaryl/α,β-unsaturated/α-hetero) is 1. The predicted molar refractivity (Wildman–Crippen MR) is 65.9 cm³/mol. The number of ether oxygens (including phenoxy) is 1. The Bertz CT molecular complexity index is 520. The summed E-state index contributed by atoms with van der Waals surface area (Å²) in [7, 11) is -4.14. The fourth-order valence-electron chi connectivity index (χ4n) is 3.52. The van der Waals surface area contributed by atoms with E-state index in [1.807, 2.05) is 13.8 Å². The summed E-state index contributed by atoms with van der Waals surface area (Å²) < 4.78 is 34.7. The number of hydrogen-bond acceptors (Lipinski definition) is 5. The molecule has 2 atom stereocenters. The third kappa shape index (κ3) is 2.18. The number of esters is 1. The van der Waals surface area contributed by atoms with E-state index in [0.29, 0.717) is 12.8 Å². The van der Waals surface area contributed by atoms with E-state index < -0.39 is 32.7 Å². The van der Waals surface area contributed by atoms with Gasteiger partial charge in [-0.1, -0.05) is 13.8 Å². The van der Waals surface area contributed by atoms with Crippen LogP contribution in [-0.4, -0.2) is 37.1 Å². The minimum Gasteiger partial charge on any atom is -0.464 e. The Balaban J connectivity index is 2.09. The number of fused-ring (bicyclic) bond motifs is 2. The molecular formula is C12H18O6S. The molecule has 0 spiro atoms. The van der Waals surface area contributed by atoms with Gasteiger partial charge in [-0.2, -0.15) is 8.42 Å². The van der Waals surface area contributed by atoms with Gasteiger partial charge in [0.1, 0.15) is 18.1 Å². The van der Waals surface area contributed by atoms with E-state index in [2.05, 4.69) is 0 Å². The molecule has 0 radical (unpaired) electrons. The average molecular weight is 290 g/mol. The molecule has 2 bridgehead atoms. The van der Waals surface area contributed by atoms with Crippen molar-refractivity contribution in [3.05, 3.63) is 0 Å². The third-order valence-corrected chi connectivity index (χ3v) is 5.48. The van der Waals surface area contributed by atoms with E-state index in [4.69, 9.17) is 9.29 Å². The highest BCUT2D eigenvalue weighted by Gasteiger charge is 2.67. The molecule has 0 amide bonds. The molecule has 2 rings (SSSR count). The summed E-state index contributed by atoms with van der Waals surface area (Å²) in [6, 6.07) is 0. The Morgan fingerprint density at radius 3 is 2.53 bits per heavy atom. The fourth-order valence-corrected chi connectivity index (χ4v) is 3.82. The third-order valence-electron chi connectivity index (χ3n) is 4.79. The van der Waals surface area contributed by atoms with Crippen LogP contribution in [0.4, 0.5) is 0 Å². The SMILES string of the molecule is CC1(C)C2CCC1(C(=O)OCCS(=O)(=O)O)CC2=O. The molecule has 1 N–H and O–H groups in total. The maximum Gasteiger partial charge on any atom is 0.313 e.